The average Bonchev–Trinajstić information content (AvgIpc) is 3.08. The number of methoxy groups -OCH3 is 1. The Labute approximate surface area is 186 Å². The van der Waals surface area contributed by atoms with Gasteiger partial charge in [0.1, 0.15) is 10.8 Å². The van der Waals surface area contributed by atoms with Gasteiger partial charge < -0.3 is 14.8 Å². The third kappa shape index (κ3) is 4.63. The number of nitrogens with one attached hydrogen (secondary N) is 1. The van der Waals surface area contributed by atoms with Gasteiger partial charge in [0.2, 0.25) is 0 Å². The number of amides is 1. The first kappa shape index (κ1) is 21.5. The number of pyridine rings is 1. The van der Waals surface area contributed by atoms with E-state index in [1.807, 2.05) is 12.3 Å². The first-order valence-electron chi connectivity index (χ1n) is 10.4. The van der Waals surface area contributed by atoms with Gasteiger partial charge in [-0.1, -0.05) is 6.07 Å². The Bertz CT molecular complexity index is 1030. The molecule has 0 radical (unpaired) electrons. The van der Waals surface area contributed by atoms with Crippen molar-refractivity contribution >= 4 is 22.2 Å². The van der Waals surface area contributed by atoms with E-state index in [1.165, 1.54) is 10.4 Å². The molecule has 1 N–H and O–H groups in total. The fourth-order valence-corrected chi connectivity index (χ4v) is 5.01. The number of benzene rings is 1. The third-order valence-electron chi connectivity index (χ3n) is 5.70. The number of thiophene rings is 1. The van der Waals surface area contributed by atoms with E-state index in [-0.39, 0.29) is 11.9 Å². The maximum absolute atomic E-state index is 13.0. The number of hydrogen-bond acceptors (Lipinski definition) is 6. The van der Waals surface area contributed by atoms with Crippen LogP contribution in [0.2, 0.25) is 0 Å². The Morgan fingerprint density at radius 2 is 1.94 bits per heavy atom. The van der Waals surface area contributed by atoms with E-state index in [0.717, 1.165) is 35.0 Å². The van der Waals surface area contributed by atoms with Gasteiger partial charge in [0.05, 0.1) is 26.4 Å². The summed E-state index contributed by atoms with van der Waals surface area (Å²) in [6.07, 6.45) is 3.71. The van der Waals surface area contributed by atoms with Gasteiger partial charge in [0.25, 0.3) is 5.91 Å². The molecule has 1 atom stereocenters. The van der Waals surface area contributed by atoms with Gasteiger partial charge in [0.15, 0.2) is 0 Å². The van der Waals surface area contributed by atoms with Gasteiger partial charge in [-0.15, -0.1) is 11.3 Å². The summed E-state index contributed by atoms with van der Waals surface area (Å²) < 4.78 is 10.8. The molecule has 1 fully saturated rings. The second-order valence-corrected chi connectivity index (χ2v) is 8.77. The molecule has 3 heterocycles. The fourth-order valence-electron chi connectivity index (χ4n) is 3.92. The second kappa shape index (κ2) is 9.60. The van der Waals surface area contributed by atoms with Crippen LogP contribution < -0.4 is 10.1 Å². The molecule has 0 aliphatic carbocycles. The standard InChI is InChI=1S/C24H27N3O3S/c1-16-17(2)31-24(26-23(28)18-6-8-20(29-3)9-7-18)21(16)22(19-5-4-10-25-15-19)27-11-13-30-14-12-27/h4-10,15,22H,11-14H2,1-3H3,(H,26,28)/t22-/m0/s1. The molecular weight excluding hydrogens is 410 g/mol. The Morgan fingerprint density at radius 3 is 2.58 bits per heavy atom. The van der Waals surface area contributed by atoms with Crippen LogP contribution in [0.25, 0.3) is 0 Å². The normalized spacial score (nSPS) is 15.5. The molecular formula is C24H27N3O3S. The Hall–Kier alpha value is -2.74. The number of ether oxygens (including phenoxy) is 2. The molecule has 0 bridgehead atoms. The van der Waals surface area contributed by atoms with Crippen LogP contribution in [0.5, 0.6) is 5.75 Å². The average molecular weight is 438 g/mol. The molecule has 31 heavy (non-hydrogen) atoms. The Morgan fingerprint density at radius 1 is 1.19 bits per heavy atom. The van der Waals surface area contributed by atoms with Crippen molar-refractivity contribution in [3.05, 3.63) is 75.9 Å². The highest BCUT2D eigenvalue weighted by atomic mass is 32.1. The minimum Gasteiger partial charge on any atom is -0.497 e. The summed E-state index contributed by atoms with van der Waals surface area (Å²) in [5, 5.41) is 4.06. The number of carbonyl (C=O) groups is 1. The van der Waals surface area contributed by atoms with E-state index >= 15 is 0 Å². The number of hydrogen-bond donors (Lipinski definition) is 1. The van der Waals surface area contributed by atoms with E-state index in [4.69, 9.17) is 9.47 Å². The largest absolute Gasteiger partial charge is 0.497 e. The molecule has 1 saturated heterocycles. The summed E-state index contributed by atoms with van der Waals surface area (Å²) >= 11 is 1.62. The summed E-state index contributed by atoms with van der Waals surface area (Å²) in [5.74, 6) is 0.598. The van der Waals surface area contributed by atoms with Crippen LogP contribution in [0.1, 0.15) is 38.0 Å². The van der Waals surface area contributed by atoms with Gasteiger partial charge in [-0.25, -0.2) is 0 Å². The van der Waals surface area contributed by atoms with E-state index in [0.29, 0.717) is 18.8 Å². The van der Waals surface area contributed by atoms with Crippen LogP contribution in [-0.4, -0.2) is 49.2 Å². The Kier molecular flexibility index (Phi) is 6.65. The molecule has 0 saturated carbocycles. The SMILES string of the molecule is COc1ccc(C(=O)Nc2sc(C)c(C)c2[C@H](c2cccnc2)N2CCOCC2)cc1. The van der Waals surface area contributed by atoms with E-state index in [2.05, 4.69) is 35.1 Å². The monoisotopic (exact) mass is 437 g/mol. The molecule has 6 nitrogen and oxygen atoms in total. The predicted molar refractivity (Wildman–Crippen MR) is 123 cm³/mol. The van der Waals surface area contributed by atoms with Crippen molar-refractivity contribution in [1.29, 1.82) is 0 Å². The molecule has 4 rings (SSSR count). The topological polar surface area (TPSA) is 63.7 Å². The van der Waals surface area contributed by atoms with Crippen molar-refractivity contribution in [2.24, 2.45) is 0 Å². The number of rotatable bonds is 6. The van der Waals surface area contributed by atoms with Crippen molar-refractivity contribution in [3.8, 4) is 5.75 Å². The summed E-state index contributed by atoms with van der Waals surface area (Å²) in [6.45, 7) is 7.30. The number of aromatic nitrogens is 1. The van der Waals surface area contributed by atoms with Crippen LogP contribution in [0.15, 0.2) is 48.8 Å². The quantitative estimate of drug-likeness (QED) is 0.618. The first-order chi connectivity index (χ1) is 15.1. The van der Waals surface area contributed by atoms with Gasteiger partial charge >= 0.3 is 0 Å². The zero-order valence-electron chi connectivity index (χ0n) is 18.1. The number of anilines is 1. The molecule has 7 heteroatoms. The minimum absolute atomic E-state index is 0.00807. The smallest absolute Gasteiger partial charge is 0.256 e. The highest BCUT2D eigenvalue weighted by molar-refractivity contribution is 7.16. The molecule has 1 aliphatic rings. The zero-order chi connectivity index (χ0) is 21.8. The molecule has 1 aliphatic heterocycles. The molecule has 162 valence electrons. The van der Waals surface area contributed by atoms with Crippen molar-refractivity contribution in [2.45, 2.75) is 19.9 Å². The third-order valence-corrected chi connectivity index (χ3v) is 6.83. The first-order valence-corrected chi connectivity index (χ1v) is 11.2. The van der Waals surface area contributed by atoms with Crippen LogP contribution in [0, 0.1) is 13.8 Å². The lowest BCUT2D eigenvalue weighted by Gasteiger charge is -2.35. The lowest BCUT2D eigenvalue weighted by atomic mass is 9.95. The number of carbonyl (C=O) groups excluding carboxylic acids is 1. The van der Waals surface area contributed by atoms with Gasteiger partial charge in [-0.05, 0) is 55.3 Å². The lowest BCUT2D eigenvalue weighted by molar-refractivity contribution is 0.0239. The maximum Gasteiger partial charge on any atom is 0.256 e. The van der Waals surface area contributed by atoms with E-state index in [9.17, 15) is 4.79 Å². The minimum atomic E-state index is -0.128. The van der Waals surface area contributed by atoms with Crippen LogP contribution >= 0.6 is 11.3 Å². The van der Waals surface area contributed by atoms with Gasteiger partial charge in [-0.3, -0.25) is 14.7 Å². The van der Waals surface area contributed by atoms with Crippen molar-refractivity contribution < 1.29 is 14.3 Å². The van der Waals surface area contributed by atoms with E-state index < -0.39 is 0 Å². The predicted octanol–water partition coefficient (Wildman–Crippen LogP) is 4.44. The Balaban J connectivity index is 1.71. The number of nitrogens with zero attached hydrogens (tertiary/aromatic N) is 2. The molecule has 0 unspecified atom stereocenters. The van der Waals surface area contributed by atoms with Crippen LogP contribution in [0.4, 0.5) is 5.00 Å². The van der Waals surface area contributed by atoms with Gasteiger partial charge in [-0.2, -0.15) is 0 Å². The number of aryl methyl sites for hydroxylation is 1. The number of morpholine rings is 1. The highest BCUT2D eigenvalue weighted by Crippen LogP contribution is 2.42. The lowest BCUT2D eigenvalue weighted by Crippen LogP contribution is -2.40. The summed E-state index contributed by atoms with van der Waals surface area (Å²) in [6, 6.07) is 11.2. The maximum atomic E-state index is 13.0. The molecule has 0 spiro atoms. The van der Waals surface area contributed by atoms with Crippen molar-refractivity contribution in [1.82, 2.24) is 9.88 Å². The molecule has 1 aromatic carbocycles. The highest BCUT2D eigenvalue weighted by Gasteiger charge is 2.30. The van der Waals surface area contributed by atoms with Crippen molar-refractivity contribution in [3.63, 3.8) is 0 Å². The molecule has 1 amide bonds. The van der Waals surface area contributed by atoms with Crippen LogP contribution in [0.3, 0.4) is 0 Å². The van der Waals surface area contributed by atoms with Gasteiger partial charge in [0, 0.05) is 41.5 Å². The van der Waals surface area contributed by atoms with E-state index in [1.54, 1.807) is 48.9 Å². The van der Waals surface area contributed by atoms with Crippen molar-refractivity contribution in [2.75, 3.05) is 38.7 Å². The summed E-state index contributed by atoms with van der Waals surface area (Å²) in [7, 11) is 1.61. The fraction of sp³-hybridized carbons (Fsp3) is 0.333. The zero-order valence-corrected chi connectivity index (χ0v) is 18.9. The second-order valence-electron chi connectivity index (χ2n) is 7.55. The summed E-state index contributed by atoms with van der Waals surface area (Å²) in [4.78, 5) is 21.0. The summed E-state index contributed by atoms with van der Waals surface area (Å²) in [5.41, 5.74) is 4.06. The van der Waals surface area contributed by atoms with Crippen LogP contribution in [-0.2, 0) is 4.74 Å². The molecule has 3 aromatic rings. The molecule has 2 aromatic heterocycles.